The molecular weight excluding hydrogens is 249 g/mol. The smallest absolute Gasteiger partial charge is 0.0166 e. The minimum atomic E-state index is 0. The average Bonchev–Trinajstić information content (AvgIpc) is 2.19. The van der Waals surface area contributed by atoms with Gasteiger partial charge in [-0.05, 0) is 5.52 Å². The number of pyridine rings is 2. The van der Waals surface area contributed by atoms with Gasteiger partial charge in [0, 0.05) is 45.1 Å². The summed E-state index contributed by atoms with van der Waals surface area (Å²) in [6.45, 7) is 4.00. The molecule has 1 radical (unpaired) electrons. The van der Waals surface area contributed by atoms with E-state index in [0.29, 0.717) is 0 Å². The van der Waals surface area contributed by atoms with Crippen molar-refractivity contribution in [2.75, 3.05) is 0 Å². The zero-order valence-electron chi connectivity index (χ0n) is 8.44. The maximum atomic E-state index is 4.02. The Hall–Kier alpha value is -0.336. The molecule has 0 aliphatic rings. The van der Waals surface area contributed by atoms with Crippen LogP contribution in [-0.2, 0) is 32.7 Å². The van der Waals surface area contributed by atoms with Crippen LogP contribution >= 0.6 is 0 Å². The minimum Gasteiger partial charge on any atom is -0.386 e. The predicted octanol–water partition coefficient (Wildman–Crippen LogP) is 2.66. The standard InChI is InChI=1S/C8H5N2.C3H7.Y/c1-2-7-6-9-5-3-8(7)10-4-1;1-3-2;/h1-3,5-6H;3H,1-2H3;/q2*-1;. The summed E-state index contributed by atoms with van der Waals surface area (Å²) in [6.07, 6.45) is 8.27. The van der Waals surface area contributed by atoms with E-state index < -0.39 is 0 Å². The van der Waals surface area contributed by atoms with Crippen molar-refractivity contribution in [3.05, 3.63) is 43.2 Å². The van der Waals surface area contributed by atoms with Crippen molar-refractivity contribution in [2.24, 2.45) is 0 Å². The van der Waals surface area contributed by atoms with Crippen LogP contribution in [-0.4, -0.2) is 9.97 Å². The number of nitrogens with zero attached hydrogens (tertiary/aromatic N) is 2. The van der Waals surface area contributed by atoms with E-state index >= 15 is 0 Å². The summed E-state index contributed by atoms with van der Waals surface area (Å²) in [7, 11) is 0. The molecule has 0 atom stereocenters. The fourth-order valence-electron chi connectivity index (χ4n) is 0.863. The van der Waals surface area contributed by atoms with E-state index in [1.807, 2.05) is 32.4 Å². The van der Waals surface area contributed by atoms with Gasteiger partial charge >= 0.3 is 0 Å². The third kappa shape index (κ3) is 4.25. The van der Waals surface area contributed by atoms with E-state index in [9.17, 15) is 0 Å². The Bertz CT molecular complexity index is 297. The van der Waals surface area contributed by atoms with Crippen LogP contribution in [0.25, 0.3) is 10.9 Å². The number of rotatable bonds is 0. The van der Waals surface area contributed by atoms with Gasteiger partial charge in [-0.1, -0.05) is 17.6 Å². The van der Waals surface area contributed by atoms with Crippen molar-refractivity contribution in [2.45, 2.75) is 13.8 Å². The van der Waals surface area contributed by atoms with Gasteiger partial charge in [0.05, 0.1) is 0 Å². The summed E-state index contributed by atoms with van der Waals surface area (Å²) < 4.78 is 0. The summed E-state index contributed by atoms with van der Waals surface area (Å²) in [5, 5.41) is 1.06. The second-order valence-corrected chi connectivity index (χ2v) is 2.59. The first-order valence-corrected chi connectivity index (χ1v) is 4.19. The quantitative estimate of drug-likeness (QED) is 0.681. The molecule has 0 aliphatic carbocycles. The summed E-state index contributed by atoms with van der Waals surface area (Å²) in [4.78, 5) is 7.98. The van der Waals surface area contributed by atoms with Crippen LogP contribution in [0.5, 0.6) is 0 Å². The molecule has 0 N–H and O–H groups in total. The van der Waals surface area contributed by atoms with E-state index in [1.54, 1.807) is 18.5 Å². The Labute approximate surface area is 110 Å². The number of aromatic nitrogens is 2. The van der Waals surface area contributed by atoms with Gasteiger partial charge in [0.25, 0.3) is 0 Å². The molecule has 2 nitrogen and oxygen atoms in total. The monoisotopic (exact) mass is 261 g/mol. The van der Waals surface area contributed by atoms with E-state index in [2.05, 4.69) is 16.2 Å². The number of hydrogen-bond acceptors (Lipinski definition) is 2. The third-order valence-corrected chi connectivity index (χ3v) is 1.35. The fraction of sp³-hybridized carbons (Fsp3) is 0.182. The van der Waals surface area contributed by atoms with Crippen LogP contribution in [0.3, 0.4) is 0 Å². The SMILES string of the molecule is C[CH-]C.[Y].[c-]1ccc2cnccc2n1. The molecule has 0 fully saturated rings. The van der Waals surface area contributed by atoms with Crippen LogP contribution in [0.4, 0.5) is 0 Å². The molecule has 2 aromatic rings. The zero-order valence-corrected chi connectivity index (χ0v) is 11.3. The fourth-order valence-corrected chi connectivity index (χ4v) is 0.863. The van der Waals surface area contributed by atoms with Gasteiger partial charge in [-0.2, -0.15) is 26.0 Å². The number of hydrogen-bond donors (Lipinski definition) is 0. The summed E-state index contributed by atoms with van der Waals surface area (Å²) in [5.74, 6) is 0. The maximum Gasteiger partial charge on any atom is 0.0166 e. The largest absolute Gasteiger partial charge is 0.386 e. The van der Waals surface area contributed by atoms with E-state index in [-0.39, 0.29) is 32.7 Å². The minimum absolute atomic E-state index is 0. The van der Waals surface area contributed by atoms with Crippen molar-refractivity contribution in [1.82, 2.24) is 9.97 Å². The Morgan fingerprint density at radius 2 is 2.00 bits per heavy atom. The van der Waals surface area contributed by atoms with Gasteiger partial charge < -0.3 is 11.4 Å². The maximum absolute atomic E-state index is 4.02. The van der Waals surface area contributed by atoms with E-state index in [4.69, 9.17) is 0 Å². The van der Waals surface area contributed by atoms with Crippen molar-refractivity contribution in [3.63, 3.8) is 0 Å². The van der Waals surface area contributed by atoms with E-state index in [1.165, 1.54) is 0 Å². The van der Waals surface area contributed by atoms with Crippen molar-refractivity contribution >= 4 is 10.9 Å². The van der Waals surface area contributed by atoms with Crippen molar-refractivity contribution in [3.8, 4) is 0 Å². The zero-order chi connectivity index (χ0) is 9.52. The summed E-state index contributed by atoms with van der Waals surface area (Å²) in [5.41, 5.74) is 0.942. The van der Waals surface area contributed by atoms with Crippen LogP contribution in [0.2, 0.25) is 0 Å². The molecule has 3 heteroatoms. The molecule has 0 aliphatic heterocycles. The Morgan fingerprint density at radius 3 is 2.64 bits per heavy atom. The first kappa shape index (κ1) is 13.7. The molecule has 0 aromatic carbocycles. The Kier molecular flexibility index (Phi) is 7.82. The topological polar surface area (TPSA) is 25.8 Å². The van der Waals surface area contributed by atoms with Crippen molar-refractivity contribution in [1.29, 1.82) is 0 Å². The van der Waals surface area contributed by atoms with E-state index in [0.717, 1.165) is 10.9 Å². The third-order valence-electron chi connectivity index (χ3n) is 1.35. The van der Waals surface area contributed by atoms with Gasteiger partial charge in [-0.3, -0.25) is 4.98 Å². The first-order valence-electron chi connectivity index (χ1n) is 4.19. The molecule has 14 heavy (non-hydrogen) atoms. The predicted molar refractivity (Wildman–Crippen MR) is 54.0 cm³/mol. The second-order valence-electron chi connectivity index (χ2n) is 2.59. The molecular formula is C11H12N2Y-2. The molecule has 0 spiro atoms. The normalized spacial score (nSPS) is 8.43. The first-order chi connectivity index (χ1) is 6.38. The van der Waals surface area contributed by atoms with Crippen LogP contribution in [0.1, 0.15) is 13.8 Å². The summed E-state index contributed by atoms with van der Waals surface area (Å²) in [6, 6.07) is 5.59. The van der Waals surface area contributed by atoms with Crippen LogP contribution in [0, 0.1) is 12.6 Å². The Balaban J connectivity index is 0.000000381. The van der Waals surface area contributed by atoms with Gasteiger partial charge in [0.2, 0.25) is 0 Å². The Morgan fingerprint density at radius 1 is 1.29 bits per heavy atom. The molecule has 0 amide bonds. The van der Waals surface area contributed by atoms with Crippen molar-refractivity contribution < 1.29 is 32.7 Å². The van der Waals surface area contributed by atoms with Crippen LogP contribution < -0.4 is 0 Å². The van der Waals surface area contributed by atoms with Gasteiger partial charge in [0.15, 0.2) is 0 Å². The van der Waals surface area contributed by atoms with Gasteiger partial charge in [-0.25, -0.2) is 0 Å². The molecule has 2 heterocycles. The molecule has 0 unspecified atom stereocenters. The molecule has 0 bridgehead atoms. The van der Waals surface area contributed by atoms with Gasteiger partial charge in [-0.15, -0.1) is 0 Å². The van der Waals surface area contributed by atoms with Crippen LogP contribution in [0.15, 0.2) is 30.6 Å². The molecule has 0 saturated heterocycles. The molecule has 0 saturated carbocycles. The average molecular weight is 261 g/mol. The molecule has 2 rings (SSSR count). The molecule has 2 aromatic heterocycles. The molecule has 71 valence electrons. The van der Waals surface area contributed by atoms with Gasteiger partial charge in [0.1, 0.15) is 0 Å². The second kappa shape index (κ2) is 8.01. The number of fused-ring (bicyclic) bond motifs is 1. The summed E-state index contributed by atoms with van der Waals surface area (Å²) >= 11 is 0.